The monoisotopic (exact) mass is 508 g/mol. The minimum atomic E-state index is -3.78. The maximum Gasteiger partial charge on any atom is 0.338 e. The summed E-state index contributed by atoms with van der Waals surface area (Å²) in [5, 5.41) is 0.775. The van der Waals surface area contributed by atoms with E-state index in [0.29, 0.717) is 17.8 Å². The van der Waals surface area contributed by atoms with Crippen LogP contribution in [0.5, 0.6) is 0 Å². The number of nitrogens with zero attached hydrogens (tertiary/aromatic N) is 1. The number of nitrogens with one attached hydrogen (secondary N) is 1. The molecule has 2 aromatic carbocycles. The number of Topliss-reactive ketones (excluding diaryl/α,β-unsaturated/α-hetero) is 1. The van der Waals surface area contributed by atoms with Crippen molar-refractivity contribution in [3.63, 3.8) is 0 Å². The maximum atomic E-state index is 13.6. The number of benzene rings is 2. The van der Waals surface area contributed by atoms with Gasteiger partial charge >= 0.3 is 5.97 Å². The van der Waals surface area contributed by atoms with Gasteiger partial charge in [0.1, 0.15) is 0 Å². The highest BCUT2D eigenvalue weighted by atomic mass is 32.2. The van der Waals surface area contributed by atoms with Crippen molar-refractivity contribution >= 4 is 32.7 Å². The van der Waals surface area contributed by atoms with Crippen LogP contribution in [-0.4, -0.2) is 48.7 Å². The van der Waals surface area contributed by atoms with Crippen LogP contribution in [0.15, 0.2) is 53.4 Å². The molecule has 5 rings (SSSR count). The van der Waals surface area contributed by atoms with Crippen LogP contribution in [-0.2, 0) is 14.8 Å². The lowest BCUT2D eigenvalue weighted by Crippen LogP contribution is -2.37. The number of aromatic nitrogens is 1. The molecule has 8 heteroatoms. The third kappa shape index (κ3) is 4.37. The standard InChI is InChI=1S/C28H32N2O5S/c1-18-25(22-10-5-6-11-23(22)29-18)24(31)15-35-26(32)19-8-7-9-21(12-19)36(33,34)30-17-28(4)14-20(30)13-27(2,3)16-28/h5-12,20,29H,13-17H2,1-4H3/t20-,28-/m0/s1. The van der Waals surface area contributed by atoms with E-state index in [1.807, 2.05) is 24.3 Å². The molecule has 1 saturated carbocycles. The van der Waals surface area contributed by atoms with Crippen LogP contribution in [0.25, 0.3) is 10.9 Å². The molecule has 190 valence electrons. The summed E-state index contributed by atoms with van der Waals surface area (Å²) >= 11 is 0. The number of fused-ring (bicyclic) bond motifs is 3. The number of hydrogen-bond acceptors (Lipinski definition) is 5. The number of para-hydroxylation sites is 1. The van der Waals surface area contributed by atoms with Gasteiger partial charge < -0.3 is 9.72 Å². The molecule has 3 aromatic rings. The summed E-state index contributed by atoms with van der Waals surface area (Å²) in [6.45, 7) is 8.41. The number of rotatable bonds is 6. The largest absolute Gasteiger partial charge is 0.454 e. The zero-order valence-electron chi connectivity index (χ0n) is 21.1. The zero-order chi connectivity index (χ0) is 25.9. The lowest BCUT2D eigenvalue weighted by Gasteiger charge is -2.39. The number of esters is 1. The zero-order valence-corrected chi connectivity index (χ0v) is 21.9. The van der Waals surface area contributed by atoms with Gasteiger partial charge in [0.15, 0.2) is 6.61 Å². The van der Waals surface area contributed by atoms with Crippen LogP contribution >= 0.6 is 0 Å². The molecule has 2 heterocycles. The third-order valence-corrected chi connectivity index (χ3v) is 9.44. The Morgan fingerprint density at radius 1 is 1.08 bits per heavy atom. The number of hydrogen-bond donors (Lipinski definition) is 1. The first-order valence-electron chi connectivity index (χ1n) is 12.3. The summed E-state index contributed by atoms with van der Waals surface area (Å²) in [6.07, 6.45) is 2.66. The molecule has 2 fully saturated rings. The second-order valence-corrected chi connectivity index (χ2v) is 13.4. The number of aryl methyl sites for hydroxylation is 1. The second-order valence-electron chi connectivity index (χ2n) is 11.5. The van der Waals surface area contributed by atoms with E-state index >= 15 is 0 Å². The molecule has 2 aliphatic rings. The van der Waals surface area contributed by atoms with Gasteiger partial charge in [-0.15, -0.1) is 0 Å². The Morgan fingerprint density at radius 3 is 2.61 bits per heavy atom. The van der Waals surface area contributed by atoms with Crippen LogP contribution in [0, 0.1) is 17.8 Å². The Kier molecular flexibility index (Phi) is 5.87. The topological polar surface area (TPSA) is 96.5 Å². The molecular formula is C28H32N2O5S. The van der Waals surface area contributed by atoms with Gasteiger partial charge in [-0.05, 0) is 61.3 Å². The van der Waals surface area contributed by atoms with E-state index in [1.165, 1.54) is 18.2 Å². The second kappa shape index (κ2) is 8.56. The predicted molar refractivity (Wildman–Crippen MR) is 138 cm³/mol. The number of carbonyl (C=O) groups is 2. The van der Waals surface area contributed by atoms with Gasteiger partial charge in [-0.25, -0.2) is 13.2 Å². The van der Waals surface area contributed by atoms with Crippen molar-refractivity contribution in [2.24, 2.45) is 10.8 Å². The summed E-state index contributed by atoms with van der Waals surface area (Å²) < 4.78 is 34.1. The van der Waals surface area contributed by atoms with Crippen molar-refractivity contribution in [1.82, 2.24) is 9.29 Å². The molecular weight excluding hydrogens is 476 g/mol. The van der Waals surface area contributed by atoms with E-state index in [4.69, 9.17) is 4.74 Å². The lowest BCUT2D eigenvalue weighted by molar-refractivity contribution is 0.0474. The molecule has 0 radical (unpaired) electrons. The normalized spacial score (nSPS) is 23.6. The van der Waals surface area contributed by atoms with Gasteiger partial charge in [0, 0.05) is 34.7 Å². The highest BCUT2D eigenvalue weighted by molar-refractivity contribution is 7.89. The first kappa shape index (κ1) is 24.7. The summed E-state index contributed by atoms with van der Waals surface area (Å²) in [4.78, 5) is 28.9. The van der Waals surface area contributed by atoms with Crippen LogP contribution in [0.3, 0.4) is 0 Å². The predicted octanol–water partition coefficient (Wildman–Crippen LogP) is 5.11. The smallest absolute Gasteiger partial charge is 0.338 e. The molecule has 1 saturated heterocycles. The van der Waals surface area contributed by atoms with Crippen molar-refractivity contribution in [2.75, 3.05) is 13.2 Å². The number of aromatic amines is 1. The number of sulfonamides is 1. The Morgan fingerprint density at radius 2 is 1.83 bits per heavy atom. The van der Waals surface area contributed by atoms with E-state index in [0.717, 1.165) is 30.2 Å². The van der Waals surface area contributed by atoms with E-state index in [-0.39, 0.29) is 33.1 Å². The Bertz CT molecular complexity index is 1470. The lowest BCUT2D eigenvalue weighted by atomic mass is 9.65. The average molecular weight is 509 g/mol. The van der Waals surface area contributed by atoms with Crippen molar-refractivity contribution in [3.05, 3.63) is 65.4 Å². The van der Waals surface area contributed by atoms with Gasteiger partial charge in [-0.2, -0.15) is 4.31 Å². The van der Waals surface area contributed by atoms with Crippen molar-refractivity contribution in [3.8, 4) is 0 Å². The molecule has 0 amide bonds. The number of ether oxygens (including phenoxy) is 1. The minimum Gasteiger partial charge on any atom is -0.454 e. The van der Waals surface area contributed by atoms with Crippen LogP contribution in [0.4, 0.5) is 0 Å². The molecule has 0 unspecified atom stereocenters. The molecule has 1 aliphatic carbocycles. The highest BCUT2D eigenvalue weighted by Crippen LogP contribution is 2.53. The summed E-state index contributed by atoms with van der Waals surface area (Å²) in [5.74, 6) is -1.05. The molecule has 7 nitrogen and oxygen atoms in total. The van der Waals surface area contributed by atoms with Gasteiger partial charge in [-0.1, -0.05) is 45.0 Å². The van der Waals surface area contributed by atoms with E-state index in [2.05, 4.69) is 25.8 Å². The number of carbonyl (C=O) groups excluding carboxylic acids is 2. The molecule has 1 N–H and O–H groups in total. The molecule has 36 heavy (non-hydrogen) atoms. The molecule has 1 aliphatic heterocycles. The first-order chi connectivity index (χ1) is 16.9. The molecule has 2 bridgehead atoms. The van der Waals surface area contributed by atoms with Gasteiger partial charge in [0.25, 0.3) is 0 Å². The maximum absolute atomic E-state index is 13.6. The summed E-state index contributed by atoms with van der Waals surface area (Å²) in [6, 6.07) is 13.3. The van der Waals surface area contributed by atoms with E-state index < -0.39 is 22.6 Å². The van der Waals surface area contributed by atoms with Gasteiger partial charge in [0.05, 0.1) is 10.5 Å². The quantitative estimate of drug-likeness (QED) is 0.369. The summed E-state index contributed by atoms with van der Waals surface area (Å²) in [5.41, 5.74) is 2.18. The fourth-order valence-electron chi connectivity index (χ4n) is 6.53. The number of ketones is 1. The Labute approximate surface area is 211 Å². The third-order valence-electron chi connectivity index (χ3n) is 7.55. The summed E-state index contributed by atoms with van der Waals surface area (Å²) in [7, 11) is -3.78. The van der Waals surface area contributed by atoms with E-state index in [9.17, 15) is 18.0 Å². The highest BCUT2D eigenvalue weighted by Gasteiger charge is 2.53. The molecule has 0 spiro atoms. The minimum absolute atomic E-state index is 0.0447. The number of H-pyrrole nitrogens is 1. The Balaban J connectivity index is 1.32. The van der Waals surface area contributed by atoms with Crippen LogP contribution in [0.1, 0.15) is 66.4 Å². The van der Waals surface area contributed by atoms with Crippen LogP contribution < -0.4 is 0 Å². The van der Waals surface area contributed by atoms with E-state index in [1.54, 1.807) is 17.3 Å². The van der Waals surface area contributed by atoms with Gasteiger partial charge in [-0.3, -0.25) is 4.79 Å². The average Bonchev–Trinajstić information content (AvgIpc) is 3.28. The fraction of sp³-hybridized carbons (Fsp3) is 0.429. The fourth-order valence-corrected chi connectivity index (χ4v) is 8.35. The van der Waals surface area contributed by atoms with Crippen LogP contribution in [0.2, 0.25) is 0 Å². The van der Waals surface area contributed by atoms with Gasteiger partial charge in [0.2, 0.25) is 15.8 Å². The van der Waals surface area contributed by atoms with Crippen molar-refractivity contribution in [1.29, 1.82) is 0 Å². The Hall–Kier alpha value is -2.97. The van der Waals surface area contributed by atoms with Crippen molar-refractivity contribution in [2.45, 2.75) is 57.9 Å². The van der Waals surface area contributed by atoms with Crippen molar-refractivity contribution < 1.29 is 22.7 Å². The first-order valence-corrected chi connectivity index (χ1v) is 13.7. The molecule has 1 aromatic heterocycles. The molecule has 2 atom stereocenters. The SMILES string of the molecule is Cc1[nH]c2ccccc2c1C(=O)COC(=O)c1cccc(S(=O)(=O)N2C[C@@]3(C)C[C@@H]2CC(C)(C)C3)c1.